The molecule has 3 nitrogen and oxygen atoms in total. The van der Waals surface area contributed by atoms with Crippen molar-refractivity contribution in [3.63, 3.8) is 0 Å². The average molecular weight is 266 g/mol. The average Bonchev–Trinajstić information content (AvgIpc) is 2.76. The number of rotatable bonds is 5. The molecule has 1 atom stereocenters. The maximum absolute atomic E-state index is 6.28. The van der Waals surface area contributed by atoms with Crippen LogP contribution in [0.4, 0.5) is 0 Å². The molecule has 2 aromatic rings. The number of benzene rings is 1. The van der Waals surface area contributed by atoms with E-state index in [-0.39, 0.29) is 6.04 Å². The molecule has 0 aliphatic carbocycles. The third-order valence-electron chi connectivity index (χ3n) is 3.15. The molecular weight excluding hydrogens is 246 g/mol. The van der Waals surface area contributed by atoms with Crippen LogP contribution < -0.4 is 5.32 Å². The van der Waals surface area contributed by atoms with E-state index in [2.05, 4.69) is 30.7 Å². The van der Waals surface area contributed by atoms with Gasteiger partial charge in [0.15, 0.2) is 0 Å². The fourth-order valence-corrected chi connectivity index (χ4v) is 2.53. The van der Waals surface area contributed by atoms with Crippen LogP contribution in [0.5, 0.6) is 0 Å². The number of aryl methyl sites for hydroxylation is 1. The predicted molar refractivity (Wildman–Crippen MR) is 77.1 cm³/mol. The van der Waals surface area contributed by atoms with Gasteiger partial charge in [0, 0.05) is 6.54 Å². The topological polar surface area (TPSA) is 29.9 Å². The summed E-state index contributed by atoms with van der Waals surface area (Å²) in [6.45, 7) is 8.33. The van der Waals surface area contributed by atoms with Gasteiger partial charge in [-0.25, -0.2) is 4.98 Å². The summed E-state index contributed by atoms with van der Waals surface area (Å²) in [5.41, 5.74) is 2.02. The van der Waals surface area contributed by atoms with Crippen LogP contribution in [0.2, 0.25) is 5.02 Å². The highest BCUT2D eigenvalue weighted by Crippen LogP contribution is 2.26. The Morgan fingerprint density at radius 1 is 1.39 bits per heavy atom. The Balaban J connectivity index is 2.47. The van der Waals surface area contributed by atoms with E-state index in [0.29, 0.717) is 0 Å². The fourth-order valence-electron chi connectivity index (χ4n) is 2.26. The van der Waals surface area contributed by atoms with Crippen LogP contribution in [0.15, 0.2) is 18.2 Å². The third-order valence-corrected chi connectivity index (χ3v) is 3.46. The van der Waals surface area contributed by atoms with E-state index in [0.717, 1.165) is 41.4 Å². The zero-order valence-corrected chi connectivity index (χ0v) is 12.0. The van der Waals surface area contributed by atoms with Crippen molar-refractivity contribution in [2.24, 2.45) is 0 Å². The molecule has 0 aliphatic heterocycles. The molecule has 1 heterocycles. The normalized spacial score (nSPS) is 13.1. The van der Waals surface area contributed by atoms with Gasteiger partial charge in [-0.3, -0.25) is 0 Å². The Labute approximate surface area is 113 Å². The number of halogens is 1. The van der Waals surface area contributed by atoms with Gasteiger partial charge in [-0.2, -0.15) is 0 Å². The molecule has 0 spiro atoms. The van der Waals surface area contributed by atoms with Crippen LogP contribution >= 0.6 is 11.6 Å². The second-order valence-electron chi connectivity index (χ2n) is 4.50. The SMILES string of the molecule is CCCNC(C)c1nc2cccc(Cl)c2n1CC. The molecule has 1 aromatic heterocycles. The number of aromatic nitrogens is 2. The highest BCUT2D eigenvalue weighted by Gasteiger charge is 2.16. The van der Waals surface area contributed by atoms with E-state index >= 15 is 0 Å². The summed E-state index contributed by atoms with van der Waals surface area (Å²) >= 11 is 6.28. The van der Waals surface area contributed by atoms with E-state index in [1.165, 1.54) is 0 Å². The number of nitrogens with zero attached hydrogens (tertiary/aromatic N) is 2. The molecule has 0 aliphatic rings. The third kappa shape index (κ3) is 2.38. The van der Waals surface area contributed by atoms with Gasteiger partial charge >= 0.3 is 0 Å². The van der Waals surface area contributed by atoms with Crippen LogP contribution in [0.25, 0.3) is 11.0 Å². The Bertz CT molecular complexity index is 533. The van der Waals surface area contributed by atoms with Crippen molar-refractivity contribution in [3.8, 4) is 0 Å². The summed E-state index contributed by atoms with van der Waals surface area (Å²) in [4.78, 5) is 4.71. The van der Waals surface area contributed by atoms with E-state index in [1.54, 1.807) is 0 Å². The van der Waals surface area contributed by atoms with E-state index in [4.69, 9.17) is 16.6 Å². The number of para-hydroxylation sites is 1. The van der Waals surface area contributed by atoms with Gasteiger partial charge in [0.25, 0.3) is 0 Å². The predicted octanol–water partition coefficient (Wildman–Crippen LogP) is 3.77. The monoisotopic (exact) mass is 265 g/mol. The summed E-state index contributed by atoms with van der Waals surface area (Å²) in [5, 5.41) is 4.25. The molecule has 0 saturated carbocycles. The fraction of sp³-hybridized carbons (Fsp3) is 0.500. The Hall–Kier alpha value is -1.06. The largest absolute Gasteiger partial charge is 0.326 e. The van der Waals surface area contributed by atoms with E-state index in [9.17, 15) is 0 Å². The van der Waals surface area contributed by atoms with Crippen molar-refractivity contribution < 1.29 is 0 Å². The summed E-state index contributed by atoms with van der Waals surface area (Å²) in [6, 6.07) is 6.13. The second-order valence-corrected chi connectivity index (χ2v) is 4.90. The lowest BCUT2D eigenvalue weighted by atomic mass is 10.3. The maximum atomic E-state index is 6.28. The first-order chi connectivity index (χ1) is 8.69. The first kappa shape index (κ1) is 13.4. The summed E-state index contributed by atoms with van der Waals surface area (Å²) in [7, 11) is 0. The Morgan fingerprint density at radius 2 is 2.17 bits per heavy atom. The van der Waals surface area contributed by atoms with Gasteiger partial charge in [-0.05, 0) is 38.9 Å². The van der Waals surface area contributed by atoms with Crippen LogP contribution in [-0.2, 0) is 6.54 Å². The summed E-state index contributed by atoms with van der Waals surface area (Å²) < 4.78 is 2.20. The first-order valence-corrected chi connectivity index (χ1v) is 6.94. The zero-order chi connectivity index (χ0) is 13.1. The molecule has 0 radical (unpaired) electrons. The first-order valence-electron chi connectivity index (χ1n) is 6.57. The summed E-state index contributed by atoms with van der Waals surface area (Å²) in [6.07, 6.45) is 1.12. The lowest BCUT2D eigenvalue weighted by Crippen LogP contribution is -2.22. The van der Waals surface area contributed by atoms with Crippen LogP contribution in [0, 0.1) is 0 Å². The quantitative estimate of drug-likeness (QED) is 0.892. The van der Waals surface area contributed by atoms with Crippen LogP contribution in [0.1, 0.15) is 39.1 Å². The molecule has 2 rings (SSSR count). The minimum Gasteiger partial charge on any atom is -0.326 e. The van der Waals surface area contributed by atoms with Gasteiger partial charge in [0.2, 0.25) is 0 Å². The van der Waals surface area contributed by atoms with Gasteiger partial charge in [-0.1, -0.05) is 24.6 Å². The molecule has 0 fully saturated rings. The molecule has 1 N–H and O–H groups in total. The molecular formula is C14H20ClN3. The highest BCUT2D eigenvalue weighted by molar-refractivity contribution is 6.35. The Kier molecular flexibility index (Phi) is 4.25. The number of imidazole rings is 1. The van der Waals surface area contributed by atoms with Crippen molar-refractivity contribution in [1.82, 2.24) is 14.9 Å². The van der Waals surface area contributed by atoms with E-state index in [1.807, 2.05) is 18.2 Å². The van der Waals surface area contributed by atoms with Crippen molar-refractivity contribution in [2.45, 2.75) is 39.8 Å². The van der Waals surface area contributed by atoms with Crippen molar-refractivity contribution in [3.05, 3.63) is 29.0 Å². The minimum atomic E-state index is 0.244. The molecule has 1 aromatic carbocycles. The lowest BCUT2D eigenvalue weighted by molar-refractivity contribution is 0.521. The smallest absolute Gasteiger partial charge is 0.126 e. The molecule has 98 valence electrons. The van der Waals surface area contributed by atoms with Crippen LogP contribution in [-0.4, -0.2) is 16.1 Å². The van der Waals surface area contributed by atoms with Crippen LogP contribution in [0.3, 0.4) is 0 Å². The maximum Gasteiger partial charge on any atom is 0.126 e. The van der Waals surface area contributed by atoms with Gasteiger partial charge < -0.3 is 9.88 Å². The number of hydrogen-bond acceptors (Lipinski definition) is 2. The lowest BCUT2D eigenvalue weighted by Gasteiger charge is -2.14. The zero-order valence-electron chi connectivity index (χ0n) is 11.2. The number of hydrogen-bond donors (Lipinski definition) is 1. The molecule has 0 amide bonds. The van der Waals surface area contributed by atoms with Gasteiger partial charge in [0.05, 0.1) is 22.1 Å². The number of fused-ring (bicyclic) bond motifs is 1. The molecule has 18 heavy (non-hydrogen) atoms. The molecule has 0 bridgehead atoms. The number of nitrogens with one attached hydrogen (secondary N) is 1. The van der Waals surface area contributed by atoms with Crippen molar-refractivity contribution >= 4 is 22.6 Å². The Morgan fingerprint density at radius 3 is 2.83 bits per heavy atom. The molecule has 1 unspecified atom stereocenters. The minimum absolute atomic E-state index is 0.244. The van der Waals surface area contributed by atoms with E-state index < -0.39 is 0 Å². The van der Waals surface area contributed by atoms with Crippen molar-refractivity contribution in [1.29, 1.82) is 0 Å². The molecule has 4 heteroatoms. The summed E-state index contributed by atoms with van der Waals surface area (Å²) in [5.74, 6) is 1.06. The molecule has 0 saturated heterocycles. The second kappa shape index (κ2) is 5.72. The van der Waals surface area contributed by atoms with Gasteiger partial charge in [-0.15, -0.1) is 0 Å². The highest BCUT2D eigenvalue weighted by atomic mass is 35.5. The van der Waals surface area contributed by atoms with Crippen molar-refractivity contribution in [2.75, 3.05) is 6.54 Å². The van der Waals surface area contributed by atoms with Gasteiger partial charge in [0.1, 0.15) is 5.82 Å². The standard InChI is InChI=1S/C14H20ClN3/c1-4-9-16-10(3)14-17-12-8-6-7-11(15)13(12)18(14)5-2/h6-8,10,16H,4-5,9H2,1-3H3.